The number of rotatable bonds is 3. The summed E-state index contributed by atoms with van der Waals surface area (Å²) in [6.07, 6.45) is 0. The van der Waals surface area contributed by atoms with Crippen LogP contribution in [0, 0.1) is 5.82 Å². The van der Waals surface area contributed by atoms with E-state index in [1.807, 2.05) is 17.8 Å². The van der Waals surface area contributed by atoms with E-state index in [9.17, 15) is 4.39 Å². The Kier molecular flexibility index (Phi) is 4.81. The minimum absolute atomic E-state index is 0.120. The van der Waals surface area contributed by atoms with Crippen LogP contribution in [0.4, 0.5) is 4.39 Å². The first kappa shape index (κ1) is 14.8. The lowest BCUT2D eigenvalue weighted by molar-refractivity contribution is 0.204. The van der Waals surface area contributed by atoms with Crippen molar-refractivity contribution < 1.29 is 4.39 Å². The summed E-state index contributed by atoms with van der Waals surface area (Å²) in [6, 6.07) is 5.57. The molecule has 0 aliphatic carbocycles. The molecular weight excluding hydrogens is 279 g/mol. The van der Waals surface area contributed by atoms with E-state index in [0.717, 1.165) is 24.4 Å². The lowest BCUT2D eigenvalue weighted by Crippen LogP contribution is -2.43. The predicted octanol–water partition coefficient (Wildman–Crippen LogP) is 2.79. The van der Waals surface area contributed by atoms with Crippen LogP contribution >= 0.6 is 24.0 Å². The van der Waals surface area contributed by atoms with Crippen molar-refractivity contribution in [2.45, 2.75) is 31.7 Å². The van der Waals surface area contributed by atoms with E-state index in [1.165, 1.54) is 6.07 Å². The second-order valence-corrected chi connectivity index (χ2v) is 6.89. The highest BCUT2D eigenvalue weighted by molar-refractivity contribution is 8.00. The minimum atomic E-state index is -0.341. The lowest BCUT2D eigenvalue weighted by atomic mass is 10.1. The molecule has 2 N–H and O–H groups in total. The van der Waals surface area contributed by atoms with Gasteiger partial charge in [-0.25, -0.2) is 4.39 Å². The standard InChI is InChI=1S/C14H19FN2S2/c1-9-10(2)19-6-5-17(9)8-11-3-4-13(15)12(7-11)14(16)18/h3-4,7,9-10H,5-6,8H2,1-2H3,(H2,16,18). The van der Waals surface area contributed by atoms with Crippen molar-refractivity contribution in [3.63, 3.8) is 0 Å². The zero-order valence-electron chi connectivity index (χ0n) is 11.2. The SMILES string of the molecule is CC1SCCN(Cc2ccc(F)c(C(N)=S)c2)C1C. The molecule has 104 valence electrons. The summed E-state index contributed by atoms with van der Waals surface area (Å²) < 4.78 is 13.6. The molecule has 1 aliphatic rings. The molecule has 1 aliphatic heterocycles. The molecule has 0 spiro atoms. The van der Waals surface area contributed by atoms with Gasteiger partial charge in [0, 0.05) is 35.7 Å². The Morgan fingerprint density at radius 1 is 1.53 bits per heavy atom. The lowest BCUT2D eigenvalue weighted by Gasteiger charge is -2.37. The third kappa shape index (κ3) is 3.46. The second kappa shape index (κ2) is 6.20. The smallest absolute Gasteiger partial charge is 0.133 e. The fourth-order valence-electron chi connectivity index (χ4n) is 2.31. The van der Waals surface area contributed by atoms with Gasteiger partial charge in [-0.3, -0.25) is 4.90 Å². The average molecular weight is 298 g/mol. The maximum atomic E-state index is 13.6. The van der Waals surface area contributed by atoms with E-state index in [-0.39, 0.29) is 10.8 Å². The van der Waals surface area contributed by atoms with E-state index < -0.39 is 0 Å². The number of hydrogen-bond donors (Lipinski definition) is 1. The van der Waals surface area contributed by atoms with Gasteiger partial charge < -0.3 is 5.73 Å². The number of hydrogen-bond acceptors (Lipinski definition) is 3. The van der Waals surface area contributed by atoms with Crippen molar-refractivity contribution in [1.29, 1.82) is 0 Å². The normalized spacial score (nSPS) is 24.4. The molecule has 2 atom stereocenters. The number of thioether (sulfide) groups is 1. The Hall–Kier alpha value is -0.650. The van der Waals surface area contributed by atoms with Gasteiger partial charge in [0.1, 0.15) is 10.8 Å². The summed E-state index contributed by atoms with van der Waals surface area (Å²) in [4.78, 5) is 2.55. The molecule has 1 aromatic rings. The second-order valence-electron chi connectivity index (χ2n) is 4.97. The van der Waals surface area contributed by atoms with Gasteiger partial charge in [-0.05, 0) is 24.6 Å². The maximum Gasteiger partial charge on any atom is 0.133 e. The van der Waals surface area contributed by atoms with Gasteiger partial charge in [-0.2, -0.15) is 11.8 Å². The third-order valence-electron chi connectivity index (χ3n) is 3.70. The molecule has 2 unspecified atom stereocenters. The Morgan fingerprint density at radius 3 is 2.95 bits per heavy atom. The monoisotopic (exact) mass is 298 g/mol. The zero-order valence-corrected chi connectivity index (χ0v) is 12.9. The topological polar surface area (TPSA) is 29.3 Å². The fraction of sp³-hybridized carbons (Fsp3) is 0.500. The van der Waals surface area contributed by atoms with Crippen LogP contribution in [0.1, 0.15) is 25.0 Å². The van der Waals surface area contributed by atoms with E-state index in [1.54, 1.807) is 6.07 Å². The van der Waals surface area contributed by atoms with Crippen molar-refractivity contribution >= 4 is 29.0 Å². The first-order valence-electron chi connectivity index (χ1n) is 6.43. The number of thiocarbonyl (C=S) groups is 1. The molecule has 1 heterocycles. The van der Waals surface area contributed by atoms with Gasteiger partial charge in [0.2, 0.25) is 0 Å². The summed E-state index contributed by atoms with van der Waals surface area (Å²) in [5, 5.41) is 0.629. The molecule has 2 nitrogen and oxygen atoms in total. The summed E-state index contributed by atoms with van der Waals surface area (Å²) in [7, 11) is 0. The molecule has 0 radical (unpaired) electrons. The first-order chi connectivity index (χ1) is 8.99. The van der Waals surface area contributed by atoms with Gasteiger partial charge in [0.15, 0.2) is 0 Å². The molecule has 0 saturated carbocycles. The van der Waals surface area contributed by atoms with E-state index >= 15 is 0 Å². The van der Waals surface area contributed by atoms with Gasteiger partial charge in [-0.1, -0.05) is 25.2 Å². The van der Waals surface area contributed by atoms with Crippen LogP contribution in [0.3, 0.4) is 0 Å². The predicted molar refractivity (Wildman–Crippen MR) is 84.1 cm³/mol. The number of benzene rings is 1. The number of nitrogens with two attached hydrogens (primary N) is 1. The zero-order chi connectivity index (χ0) is 14.0. The largest absolute Gasteiger partial charge is 0.389 e. The van der Waals surface area contributed by atoms with Gasteiger partial charge >= 0.3 is 0 Å². The Morgan fingerprint density at radius 2 is 2.26 bits per heavy atom. The van der Waals surface area contributed by atoms with Crippen molar-refractivity contribution in [3.05, 3.63) is 35.1 Å². The maximum absolute atomic E-state index is 13.6. The van der Waals surface area contributed by atoms with Crippen molar-refractivity contribution in [2.75, 3.05) is 12.3 Å². The van der Waals surface area contributed by atoms with Crippen molar-refractivity contribution in [3.8, 4) is 0 Å². The molecule has 1 fully saturated rings. The van der Waals surface area contributed by atoms with Crippen molar-refractivity contribution in [1.82, 2.24) is 4.90 Å². The van der Waals surface area contributed by atoms with Crippen LogP contribution in [0.2, 0.25) is 0 Å². The molecular formula is C14H19FN2S2. The van der Waals surface area contributed by atoms with Crippen LogP contribution in [0.25, 0.3) is 0 Å². The summed E-state index contributed by atoms with van der Waals surface area (Å²) in [5.74, 6) is 0.807. The van der Waals surface area contributed by atoms with E-state index in [4.69, 9.17) is 18.0 Å². The highest BCUT2D eigenvalue weighted by Crippen LogP contribution is 2.25. The highest BCUT2D eigenvalue weighted by atomic mass is 32.2. The van der Waals surface area contributed by atoms with Gasteiger partial charge in [-0.15, -0.1) is 0 Å². The van der Waals surface area contributed by atoms with Gasteiger partial charge in [0.25, 0.3) is 0 Å². The Balaban J connectivity index is 2.15. The quantitative estimate of drug-likeness (QED) is 0.869. The molecule has 5 heteroatoms. The minimum Gasteiger partial charge on any atom is -0.389 e. The fourth-order valence-corrected chi connectivity index (χ4v) is 3.63. The van der Waals surface area contributed by atoms with Gasteiger partial charge in [0.05, 0.1) is 0 Å². The molecule has 0 amide bonds. The summed E-state index contributed by atoms with van der Waals surface area (Å²) >= 11 is 6.88. The Labute approximate surface area is 123 Å². The molecule has 19 heavy (non-hydrogen) atoms. The van der Waals surface area contributed by atoms with Crippen LogP contribution in [0.15, 0.2) is 18.2 Å². The van der Waals surface area contributed by atoms with Crippen LogP contribution in [0.5, 0.6) is 0 Å². The summed E-state index contributed by atoms with van der Waals surface area (Å²) in [5.41, 5.74) is 6.95. The van der Waals surface area contributed by atoms with E-state index in [0.29, 0.717) is 16.9 Å². The number of halogens is 1. The van der Waals surface area contributed by atoms with Crippen LogP contribution in [-0.4, -0.2) is 33.5 Å². The first-order valence-corrected chi connectivity index (χ1v) is 7.88. The van der Waals surface area contributed by atoms with E-state index in [2.05, 4.69) is 18.7 Å². The molecule has 1 saturated heterocycles. The molecule has 1 aromatic carbocycles. The molecule has 2 rings (SSSR count). The average Bonchev–Trinajstić information content (AvgIpc) is 2.37. The molecule has 0 bridgehead atoms. The summed E-state index contributed by atoms with van der Waals surface area (Å²) in [6.45, 7) is 6.39. The molecule has 0 aromatic heterocycles. The third-order valence-corrected chi connectivity index (χ3v) is 5.25. The highest BCUT2D eigenvalue weighted by Gasteiger charge is 2.25. The van der Waals surface area contributed by atoms with Crippen LogP contribution in [-0.2, 0) is 6.54 Å². The number of nitrogens with zero attached hydrogens (tertiary/aromatic N) is 1. The van der Waals surface area contributed by atoms with Crippen molar-refractivity contribution in [2.24, 2.45) is 5.73 Å². The van der Waals surface area contributed by atoms with Crippen LogP contribution < -0.4 is 5.73 Å². The Bertz CT molecular complexity index is 479.